The number of likely N-dealkylation sites (tertiary alicyclic amines) is 1. The molecule has 8 heteroatoms. The predicted octanol–water partition coefficient (Wildman–Crippen LogP) is 4.90. The summed E-state index contributed by atoms with van der Waals surface area (Å²) < 4.78 is 11.5. The third-order valence-electron chi connectivity index (χ3n) is 5.95. The fourth-order valence-electron chi connectivity index (χ4n) is 4.04. The number of nitrogens with zero attached hydrogens (tertiary/aromatic N) is 2. The van der Waals surface area contributed by atoms with Crippen molar-refractivity contribution in [3.05, 3.63) is 64.2 Å². The number of aliphatic hydroxyl groups excluding tert-OH is 1. The number of unbranched alkanes of at least 4 members (excludes halogenated alkanes) is 2. The summed E-state index contributed by atoms with van der Waals surface area (Å²) in [7, 11) is 5.34. The number of hydrogen-bond acceptors (Lipinski definition) is 6. The zero-order chi connectivity index (χ0) is 25.5. The zero-order valence-electron chi connectivity index (χ0n) is 20.7. The van der Waals surface area contributed by atoms with Crippen LogP contribution in [0.1, 0.15) is 43.4 Å². The zero-order valence-corrected chi connectivity index (χ0v) is 21.5. The third kappa shape index (κ3) is 6.16. The van der Waals surface area contributed by atoms with E-state index in [1.807, 2.05) is 25.1 Å². The Balaban J connectivity index is 2.06. The van der Waals surface area contributed by atoms with Crippen molar-refractivity contribution in [2.75, 3.05) is 40.9 Å². The van der Waals surface area contributed by atoms with E-state index in [-0.39, 0.29) is 11.3 Å². The SMILES string of the molecule is CCCCCOc1ccc(C2/C(=C(\O)c3ccc(Cl)cc3)C(=O)C(=O)N2CCN(C)C)cc1OC. The van der Waals surface area contributed by atoms with Gasteiger partial charge >= 0.3 is 0 Å². The van der Waals surface area contributed by atoms with Crippen molar-refractivity contribution in [3.8, 4) is 11.5 Å². The molecule has 1 unspecified atom stereocenters. The van der Waals surface area contributed by atoms with Crippen LogP contribution in [-0.2, 0) is 9.59 Å². The van der Waals surface area contributed by atoms with E-state index in [2.05, 4.69) is 6.92 Å². The van der Waals surface area contributed by atoms with E-state index < -0.39 is 17.7 Å². The minimum atomic E-state index is -0.770. The highest BCUT2D eigenvalue weighted by molar-refractivity contribution is 6.46. The van der Waals surface area contributed by atoms with Crippen LogP contribution in [0.3, 0.4) is 0 Å². The van der Waals surface area contributed by atoms with Crippen LogP contribution in [0.4, 0.5) is 0 Å². The maximum absolute atomic E-state index is 13.1. The second-order valence-electron chi connectivity index (χ2n) is 8.77. The Bertz CT molecular complexity index is 1080. The van der Waals surface area contributed by atoms with Crippen molar-refractivity contribution in [1.82, 2.24) is 9.80 Å². The molecule has 2 aromatic carbocycles. The fourth-order valence-corrected chi connectivity index (χ4v) is 4.16. The molecule has 3 rings (SSSR count). The van der Waals surface area contributed by atoms with E-state index >= 15 is 0 Å². The van der Waals surface area contributed by atoms with E-state index in [9.17, 15) is 14.7 Å². The van der Waals surface area contributed by atoms with E-state index in [1.165, 1.54) is 4.90 Å². The molecule has 1 amide bonds. The molecule has 1 saturated heterocycles. The number of benzene rings is 2. The molecule has 35 heavy (non-hydrogen) atoms. The second-order valence-corrected chi connectivity index (χ2v) is 9.20. The number of carbonyl (C=O) groups is 2. The lowest BCUT2D eigenvalue weighted by molar-refractivity contribution is -0.140. The van der Waals surface area contributed by atoms with Crippen molar-refractivity contribution in [1.29, 1.82) is 0 Å². The molecule has 1 aliphatic rings. The van der Waals surface area contributed by atoms with E-state index in [1.54, 1.807) is 43.5 Å². The van der Waals surface area contributed by atoms with Gasteiger partial charge in [0.05, 0.1) is 25.3 Å². The Labute approximate surface area is 211 Å². The quantitative estimate of drug-likeness (QED) is 0.204. The normalized spacial score (nSPS) is 17.3. The number of halogens is 1. The minimum absolute atomic E-state index is 0.0368. The summed E-state index contributed by atoms with van der Waals surface area (Å²) >= 11 is 5.99. The van der Waals surface area contributed by atoms with Gasteiger partial charge in [0.25, 0.3) is 11.7 Å². The molecule has 0 spiro atoms. The largest absolute Gasteiger partial charge is 0.507 e. The summed E-state index contributed by atoms with van der Waals surface area (Å²) in [5, 5.41) is 11.6. The van der Waals surface area contributed by atoms with Gasteiger partial charge in [0.1, 0.15) is 5.76 Å². The number of likely N-dealkylation sites (N-methyl/N-ethyl adjacent to an activating group) is 1. The van der Waals surface area contributed by atoms with Crippen LogP contribution < -0.4 is 9.47 Å². The first kappa shape index (κ1) is 26.6. The molecule has 1 N–H and O–H groups in total. The van der Waals surface area contributed by atoms with Crippen molar-refractivity contribution in [2.45, 2.75) is 32.2 Å². The lowest BCUT2D eigenvalue weighted by atomic mass is 9.95. The van der Waals surface area contributed by atoms with Crippen LogP contribution in [0.15, 0.2) is 48.0 Å². The lowest BCUT2D eigenvalue weighted by Gasteiger charge is -2.27. The van der Waals surface area contributed by atoms with Crippen LogP contribution in [0, 0.1) is 0 Å². The molecule has 188 valence electrons. The third-order valence-corrected chi connectivity index (χ3v) is 6.21. The maximum Gasteiger partial charge on any atom is 0.295 e. The fraction of sp³-hybridized carbons (Fsp3) is 0.407. The number of Topliss-reactive ketones (excluding diaryl/α,β-unsaturated/α-hetero) is 1. The average molecular weight is 501 g/mol. The van der Waals surface area contributed by atoms with Gasteiger partial charge in [-0.3, -0.25) is 9.59 Å². The molecule has 0 aromatic heterocycles. The van der Waals surface area contributed by atoms with Gasteiger partial charge in [-0.1, -0.05) is 37.4 Å². The minimum Gasteiger partial charge on any atom is -0.507 e. The molecular weight excluding hydrogens is 468 g/mol. The van der Waals surface area contributed by atoms with Gasteiger partial charge in [0.15, 0.2) is 11.5 Å². The summed E-state index contributed by atoms with van der Waals surface area (Å²) in [6.07, 6.45) is 3.11. The van der Waals surface area contributed by atoms with E-state index in [0.717, 1.165) is 19.3 Å². The van der Waals surface area contributed by atoms with Crippen LogP contribution in [0.25, 0.3) is 5.76 Å². The monoisotopic (exact) mass is 500 g/mol. The number of aliphatic hydroxyl groups is 1. The number of rotatable bonds is 11. The molecule has 0 saturated carbocycles. The van der Waals surface area contributed by atoms with Gasteiger partial charge in [-0.15, -0.1) is 0 Å². The van der Waals surface area contributed by atoms with Crippen molar-refractivity contribution in [2.24, 2.45) is 0 Å². The van der Waals surface area contributed by atoms with E-state index in [4.69, 9.17) is 21.1 Å². The topological polar surface area (TPSA) is 79.3 Å². The Morgan fingerprint density at radius 1 is 1.09 bits per heavy atom. The summed E-state index contributed by atoms with van der Waals surface area (Å²) in [5.41, 5.74) is 1.10. The van der Waals surface area contributed by atoms with Gasteiger partial charge in [-0.25, -0.2) is 0 Å². The summed E-state index contributed by atoms with van der Waals surface area (Å²) in [6, 6.07) is 11.1. The molecular formula is C27H33ClN2O5. The van der Waals surface area contributed by atoms with Gasteiger partial charge in [0.2, 0.25) is 0 Å². The average Bonchev–Trinajstić information content (AvgIpc) is 3.10. The molecule has 2 aromatic rings. The number of ether oxygens (including phenoxy) is 2. The molecule has 7 nitrogen and oxygen atoms in total. The molecule has 1 aliphatic heterocycles. The van der Waals surface area contributed by atoms with Crippen molar-refractivity contribution < 1.29 is 24.2 Å². The summed E-state index contributed by atoms with van der Waals surface area (Å²) in [4.78, 5) is 29.6. The Morgan fingerprint density at radius 3 is 2.43 bits per heavy atom. The highest BCUT2D eigenvalue weighted by atomic mass is 35.5. The van der Waals surface area contributed by atoms with Gasteiger partial charge in [-0.05, 0) is 62.5 Å². The van der Waals surface area contributed by atoms with Crippen molar-refractivity contribution in [3.63, 3.8) is 0 Å². The second kappa shape index (κ2) is 12.1. The molecule has 0 bridgehead atoms. The number of hydrogen-bond donors (Lipinski definition) is 1. The first-order valence-corrected chi connectivity index (χ1v) is 12.2. The van der Waals surface area contributed by atoms with Crippen molar-refractivity contribution >= 4 is 29.1 Å². The first-order valence-electron chi connectivity index (χ1n) is 11.8. The Hall–Kier alpha value is -3.03. The highest BCUT2D eigenvalue weighted by Gasteiger charge is 2.46. The summed E-state index contributed by atoms with van der Waals surface area (Å²) in [5.74, 6) is -0.512. The Kier molecular flexibility index (Phi) is 9.18. The smallest absolute Gasteiger partial charge is 0.295 e. The van der Waals surface area contributed by atoms with Crippen LogP contribution in [0.5, 0.6) is 11.5 Å². The summed E-state index contributed by atoms with van der Waals surface area (Å²) in [6.45, 7) is 3.57. The first-order chi connectivity index (χ1) is 16.8. The van der Waals surface area contributed by atoms with Crippen LogP contribution in [0.2, 0.25) is 5.02 Å². The van der Waals surface area contributed by atoms with Gasteiger partial charge < -0.3 is 24.4 Å². The van der Waals surface area contributed by atoms with Crippen LogP contribution in [-0.4, -0.2) is 67.5 Å². The predicted molar refractivity (Wildman–Crippen MR) is 137 cm³/mol. The van der Waals surface area contributed by atoms with Crippen LogP contribution >= 0.6 is 11.6 Å². The van der Waals surface area contributed by atoms with E-state index in [0.29, 0.717) is 47.3 Å². The molecule has 1 atom stereocenters. The molecule has 1 heterocycles. The molecule has 1 fully saturated rings. The number of methoxy groups -OCH3 is 1. The standard InChI is InChI=1S/C27H33ClN2O5/c1-5-6-7-16-35-21-13-10-19(17-22(21)34-4)24-23(25(31)18-8-11-20(28)12-9-18)26(32)27(33)30(24)15-14-29(2)3/h8-13,17,24,31H,5-7,14-16H2,1-4H3/b25-23+. The van der Waals surface area contributed by atoms with Gasteiger partial charge in [-0.2, -0.15) is 0 Å². The maximum atomic E-state index is 13.1. The molecule has 0 aliphatic carbocycles. The lowest BCUT2D eigenvalue weighted by Crippen LogP contribution is -2.35. The number of ketones is 1. The highest BCUT2D eigenvalue weighted by Crippen LogP contribution is 2.42. The number of carbonyl (C=O) groups excluding carboxylic acids is 2. The Morgan fingerprint density at radius 2 is 1.80 bits per heavy atom. The number of amides is 1. The van der Waals surface area contributed by atoms with Gasteiger partial charge in [0, 0.05) is 23.7 Å². The molecule has 0 radical (unpaired) electrons.